The number of nitro benzene ring substituents is 1. The Balaban J connectivity index is 1.93. The van der Waals surface area contributed by atoms with Gasteiger partial charge in [0.15, 0.2) is 0 Å². The molecular formula is C15H15N3O3S2. The quantitative estimate of drug-likeness (QED) is 0.391. The van der Waals surface area contributed by atoms with E-state index in [1.165, 1.54) is 24.2 Å². The average molecular weight is 349 g/mol. The predicted octanol–water partition coefficient (Wildman–Crippen LogP) is 3.07. The zero-order valence-electron chi connectivity index (χ0n) is 12.3. The van der Waals surface area contributed by atoms with Gasteiger partial charge in [-0.1, -0.05) is 30.0 Å². The number of benzene rings is 1. The van der Waals surface area contributed by atoms with Crippen molar-refractivity contribution in [2.24, 2.45) is 0 Å². The van der Waals surface area contributed by atoms with Crippen molar-refractivity contribution in [1.82, 2.24) is 5.32 Å². The third-order valence-electron chi connectivity index (χ3n) is 3.83. The molecule has 6 nitrogen and oxygen atoms in total. The number of thiocarbonyl (C=S) groups is 1. The molecule has 8 heteroatoms. The van der Waals surface area contributed by atoms with E-state index in [0.29, 0.717) is 20.5 Å². The van der Waals surface area contributed by atoms with E-state index in [0.717, 1.165) is 25.9 Å². The SMILES string of the molecule is O=C1NC(=S)SC1=Cc1ccc(N2CCCCC2)c([N+](=O)[O-])c1. The minimum atomic E-state index is -0.363. The Hall–Kier alpha value is -1.93. The molecule has 0 spiro atoms. The van der Waals surface area contributed by atoms with Crippen molar-refractivity contribution >= 4 is 51.7 Å². The third kappa shape index (κ3) is 3.53. The topological polar surface area (TPSA) is 75.5 Å². The van der Waals surface area contributed by atoms with Gasteiger partial charge in [0.05, 0.1) is 9.83 Å². The van der Waals surface area contributed by atoms with Gasteiger partial charge in [-0.15, -0.1) is 0 Å². The lowest BCUT2D eigenvalue weighted by molar-refractivity contribution is -0.384. The van der Waals surface area contributed by atoms with Crippen LogP contribution in [0.5, 0.6) is 0 Å². The molecule has 2 saturated heterocycles. The van der Waals surface area contributed by atoms with Gasteiger partial charge in [0.1, 0.15) is 10.0 Å². The summed E-state index contributed by atoms with van der Waals surface area (Å²) in [7, 11) is 0. The van der Waals surface area contributed by atoms with Crippen molar-refractivity contribution in [2.45, 2.75) is 19.3 Å². The molecule has 1 amide bonds. The second kappa shape index (κ2) is 6.67. The minimum absolute atomic E-state index is 0.0761. The van der Waals surface area contributed by atoms with Crippen LogP contribution in [-0.2, 0) is 4.79 Å². The van der Waals surface area contributed by atoms with Gasteiger partial charge < -0.3 is 10.2 Å². The highest BCUT2D eigenvalue weighted by molar-refractivity contribution is 8.26. The van der Waals surface area contributed by atoms with Crippen LogP contribution in [0, 0.1) is 10.1 Å². The fraction of sp³-hybridized carbons (Fsp3) is 0.333. The van der Waals surface area contributed by atoms with Gasteiger partial charge in [-0.25, -0.2) is 0 Å². The first-order valence-electron chi connectivity index (χ1n) is 7.33. The van der Waals surface area contributed by atoms with Crippen LogP contribution >= 0.6 is 24.0 Å². The lowest BCUT2D eigenvalue weighted by Crippen LogP contribution is -2.29. The number of rotatable bonds is 3. The number of nitrogens with one attached hydrogen (secondary N) is 1. The van der Waals surface area contributed by atoms with Gasteiger partial charge >= 0.3 is 0 Å². The molecule has 2 aliphatic rings. The van der Waals surface area contributed by atoms with Gasteiger partial charge in [-0.05, 0) is 37.0 Å². The fourth-order valence-electron chi connectivity index (χ4n) is 2.75. The van der Waals surface area contributed by atoms with Crippen LogP contribution in [0.4, 0.5) is 11.4 Å². The van der Waals surface area contributed by atoms with Gasteiger partial charge in [-0.3, -0.25) is 14.9 Å². The van der Waals surface area contributed by atoms with Crippen molar-refractivity contribution in [3.05, 3.63) is 38.8 Å². The zero-order valence-corrected chi connectivity index (χ0v) is 13.9. The Morgan fingerprint density at radius 1 is 1.30 bits per heavy atom. The van der Waals surface area contributed by atoms with E-state index in [-0.39, 0.29) is 16.5 Å². The summed E-state index contributed by atoms with van der Waals surface area (Å²) in [5.74, 6) is -0.261. The Morgan fingerprint density at radius 3 is 2.65 bits per heavy atom. The summed E-state index contributed by atoms with van der Waals surface area (Å²) in [6.07, 6.45) is 4.90. The van der Waals surface area contributed by atoms with Gasteiger partial charge in [0, 0.05) is 19.2 Å². The van der Waals surface area contributed by atoms with Crippen LogP contribution < -0.4 is 10.2 Å². The summed E-state index contributed by atoms with van der Waals surface area (Å²) < 4.78 is 0.403. The summed E-state index contributed by atoms with van der Waals surface area (Å²) in [6.45, 7) is 1.68. The molecule has 1 aromatic carbocycles. The number of amides is 1. The Bertz CT molecular complexity index is 712. The lowest BCUT2D eigenvalue weighted by atomic mass is 10.1. The maximum Gasteiger partial charge on any atom is 0.293 e. The average Bonchev–Trinajstić information content (AvgIpc) is 2.85. The maximum atomic E-state index is 11.7. The molecule has 23 heavy (non-hydrogen) atoms. The first-order valence-corrected chi connectivity index (χ1v) is 8.55. The molecular weight excluding hydrogens is 334 g/mol. The van der Waals surface area contributed by atoms with E-state index in [1.807, 2.05) is 0 Å². The van der Waals surface area contributed by atoms with Gasteiger partial charge in [0.2, 0.25) is 0 Å². The molecule has 2 fully saturated rings. The number of carbonyl (C=O) groups is 1. The first-order chi connectivity index (χ1) is 11.0. The van der Waals surface area contributed by atoms with E-state index in [9.17, 15) is 14.9 Å². The summed E-state index contributed by atoms with van der Waals surface area (Å²) in [5, 5.41) is 14.0. The number of piperidine rings is 1. The molecule has 2 aliphatic heterocycles. The molecule has 1 aromatic rings. The highest BCUT2D eigenvalue weighted by Crippen LogP contribution is 2.33. The fourth-order valence-corrected chi connectivity index (χ4v) is 3.80. The van der Waals surface area contributed by atoms with Crippen molar-refractivity contribution in [3.8, 4) is 0 Å². The smallest absolute Gasteiger partial charge is 0.293 e. The summed E-state index contributed by atoms with van der Waals surface area (Å²) in [6, 6.07) is 5.09. The van der Waals surface area contributed by atoms with E-state index < -0.39 is 0 Å². The van der Waals surface area contributed by atoms with Gasteiger partial charge in [0.25, 0.3) is 11.6 Å². The Morgan fingerprint density at radius 2 is 2.04 bits per heavy atom. The number of hydrogen-bond acceptors (Lipinski definition) is 6. The number of thioether (sulfide) groups is 1. The molecule has 0 bridgehead atoms. The molecule has 1 N–H and O–H groups in total. The molecule has 0 aliphatic carbocycles. The second-order valence-electron chi connectivity index (χ2n) is 5.41. The summed E-state index contributed by atoms with van der Waals surface area (Å²) in [4.78, 5) is 25.3. The van der Waals surface area contributed by atoms with Gasteiger partial charge in [-0.2, -0.15) is 0 Å². The predicted molar refractivity (Wildman–Crippen MR) is 95.5 cm³/mol. The number of nitrogens with zero attached hydrogens (tertiary/aromatic N) is 2. The van der Waals surface area contributed by atoms with Crippen molar-refractivity contribution in [3.63, 3.8) is 0 Å². The molecule has 3 rings (SSSR count). The van der Waals surface area contributed by atoms with Crippen LogP contribution in [-0.4, -0.2) is 28.2 Å². The molecule has 0 radical (unpaired) electrons. The molecule has 2 heterocycles. The molecule has 0 unspecified atom stereocenters. The highest BCUT2D eigenvalue weighted by Gasteiger charge is 2.24. The highest BCUT2D eigenvalue weighted by atomic mass is 32.2. The van der Waals surface area contributed by atoms with Crippen LogP contribution in [0.25, 0.3) is 6.08 Å². The molecule has 0 atom stereocenters. The Kier molecular flexibility index (Phi) is 4.63. The summed E-state index contributed by atoms with van der Waals surface area (Å²) >= 11 is 6.10. The summed E-state index contributed by atoms with van der Waals surface area (Å²) in [5.41, 5.74) is 1.35. The number of anilines is 1. The normalized spacial score (nSPS) is 20.0. The van der Waals surface area contributed by atoms with Crippen molar-refractivity contribution in [2.75, 3.05) is 18.0 Å². The van der Waals surface area contributed by atoms with Crippen LogP contribution in [0.3, 0.4) is 0 Å². The van der Waals surface area contributed by atoms with E-state index >= 15 is 0 Å². The maximum absolute atomic E-state index is 11.7. The monoisotopic (exact) mass is 349 g/mol. The van der Waals surface area contributed by atoms with Crippen LogP contribution in [0.15, 0.2) is 23.1 Å². The third-order valence-corrected chi connectivity index (χ3v) is 5.00. The number of carbonyl (C=O) groups excluding carboxylic acids is 1. The van der Waals surface area contributed by atoms with Crippen molar-refractivity contribution in [1.29, 1.82) is 0 Å². The number of nitro groups is 1. The zero-order chi connectivity index (χ0) is 16.4. The Labute approximate surface area is 143 Å². The first kappa shape index (κ1) is 15.9. The minimum Gasteiger partial charge on any atom is -0.366 e. The number of hydrogen-bond donors (Lipinski definition) is 1. The van der Waals surface area contributed by atoms with Crippen molar-refractivity contribution < 1.29 is 9.72 Å². The van der Waals surface area contributed by atoms with E-state index in [2.05, 4.69) is 10.2 Å². The van der Waals surface area contributed by atoms with E-state index in [1.54, 1.807) is 18.2 Å². The standard InChI is InChI=1S/C15H15N3O3S2/c19-14-13(23-15(22)16-14)9-10-4-5-11(12(8-10)18(20)21)17-6-2-1-3-7-17/h4-5,8-9H,1-3,6-7H2,(H,16,19,22). The second-order valence-corrected chi connectivity index (χ2v) is 7.12. The molecule has 120 valence electrons. The molecule has 0 saturated carbocycles. The largest absolute Gasteiger partial charge is 0.366 e. The van der Waals surface area contributed by atoms with E-state index in [4.69, 9.17) is 12.2 Å². The van der Waals surface area contributed by atoms with Crippen LogP contribution in [0.2, 0.25) is 0 Å². The molecule has 0 aromatic heterocycles. The lowest BCUT2D eigenvalue weighted by Gasteiger charge is -2.28. The van der Waals surface area contributed by atoms with Crippen LogP contribution in [0.1, 0.15) is 24.8 Å².